The van der Waals surface area contributed by atoms with E-state index in [1.165, 1.54) is 12.1 Å². The van der Waals surface area contributed by atoms with Crippen LogP contribution in [0.2, 0.25) is 5.02 Å². The van der Waals surface area contributed by atoms with Crippen molar-refractivity contribution in [2.24, 2.45) is 0 Å². The van der Waals surface area contributed by atoms with E-state index in [2.05, 4.69) is 10.6 Å². The lowest BCUT2D eigenvalue weighted by Gasteiger charge is -2.17. The van der Waals surface area contributed by atoms with E-state index in [4.69, 9.17) is 16.3 Å². The zero-order valence-electron chi connectivity index (χ0n) is 12.1. The van der Waals surface area contributed by atoms with Gasteiger partial charge >= 0.3 is 0 Å². The summed E-state index contributed by atoms with van der Waals surface area (Å²) in [5.74, 6) is -0.194. The number of anilines is 1. The van der Waals surface area contributed by atoms with Crippen LogP contribution in [0.1, 0.15) is 12.5 Å². The Kier molecular flexibility index (Phi) is 6.39. The molecular weight excluding hydrogens is 298 g/mol. The summed E-state index contributed by atoms with van der Waals surface area (Å²) in [6.07, 6.45) is 0. The summed E-state index contributed by atoms with van der Waals surface area (Å²) in [4.78, 5) is 22.1. The first-order chi connectivity index (χ1) is 9.86. The highest BCUT2D eigenvalue weighted by Crippen LogP contribution is 2.30. The van der Waals surface area contributed by atoms with Gasteiger partial charge in [-0.2, -0.15) is 0 Å². The fraction of sp³-hybridized carbons (Fsp3) is 0.462. The Morgan fingerprint density at radius 3 is 2.76 bits per heavy atom. The quantitative estimate of drug-likeness (QED) is 0.456. The van der Waals surface area contributed by atoms with E-state index in [9.17, 15) is 14.9 Å². The molecule has 8 heteroatoms. The second-order valence-electron chi connectivity index (χ2n) is 4.53. The number of rotatable bonds is 7. The molecule has 0 aliphatic heterocycles. The second kappa shape index (κ2) is 7.80. The number of hydrogen-bond acceptors (Lipinski definition) is 5. The SMILES string of the molecule is COCCNC(=O)C(C)Nc1cc(Cl)c([N+](=O)[O-])cc1C. The molecule has 0 spiro atoms. The van der Waals surface area contributed by atoms with E-state index in [0.29, 0.717) is 24.4 Å². The molecule has 0 radical (unpaired) electrons. The number of aryl methyl sites for hydroxylation is 1. The number of methoxy groups -OCH3 is 1. The minimum atomic E-state index is -0.542. The summed E-state index contributed by atoms with van der Waals surface area (Å²) in [5, 5.41) is 16.5. The Morgan fingerprint density at radius 2 is 2.19 bits per heavy atom. The number of ether oxygens (including phenoxy) is 1. The van der Waals surface area contributed by atoms with E-state index < -0.39 is 11.0 Å². The van der Waals surface area contributed by atoms with Gasteiger partial charge in [-0.1, -0.05) is 11.6 Å². The minimum absolute atomic E-state index is 0.0279. The predicted octanol–water partition coefficient (Wildman–Crippen LogP) is 2.12. The third-order valence-electron chi connectivity index (χ3n) is 2.86. The van der Waals surface area contributed by atoms with Gasteiger partial charge in [0.1, 0.15) is 11.1 Å². The van der Waals surface area contributed by atoms with Crippen LogP contribution in [0.15, 0.2) is 12.1 Å². The molecular formula is C13H18ClN3O4. The Morgan fingerprint density at radius 1 is 1.52 bits per heavy atom. The lowest BCUT2D eigenvalue weighted by atomic mass is 10.1. The largest absolute Gasteiger partial charge is 0.383 e. The molecule has 0 aliphatic rings. The number of nitrogens with one attached hydrogen (secondary N) is 2. The molecule has 1 unspecified atom stereocenters. The Balaban J connectivity index is 2.76. The zero-order valence-corrected chi connectivity index (χ0v) is 12.9. The van der Waals surface area contributed by atoms with E-state index in [0.717, 1.165) is 0 Å². The summed E-state index contributed by atoms with van der Waals surface area (Å²) in [6, 6.07) is 2.33. The highest BCUT2D eigenvalue weighted by Gasteiger charge is 2.18. The van der Waals surface area contributed by atoms with Crippen LogP contribution in [0, 0.1) is 17.0 Å². The van der Waals surface area contributed by atoms with E-state index in [-0.39, 0.29) is 16.6 Å². The first-order valence-corrected chi connectivity index (χ1v) is 6.72. The van der Waals surface area contributed by atoms with Gasteiger partial charge in [-0.05, 0) is 25.5 Å². The molecule has 0 saturated carbocycles. The summed E-state index contributed by atoms with van der Waals surface area (Å²) < 4.78 is 4.84. The first kappa shape index (κ1) is 17.2. The van der Waals surface area contributed by atoms with Crippen LogP contribution in [0.3, 0.4) is 0 Å². The van der Waals surface area contributed by atoms with Crippen molar-refractivity contribution in [3.05, 3.63) is 32.8 Å². The van der Waals surface area contributed by atoms with Crippen molar-refractivity contribution in [1.29, 1.82) is 0 Å². The van der Waals surface area contributed by atoms with Gasteiger partial charge in [0.2, 0.25) is 5.91 Å². The highest BCUT2D eigenvalue weighted by atomic mass is 35.5. The highest BCUT2D eigenvalue weighted by molar-refractivity contribution is 6.33. The lowest BCUT2D eigenvalue weighted by molar-refractivity contribution is -0.384. The second-order valence-corrected chi connectivity index (χ2v) is 4.93. The molecule has 2 N–H and O–H groups in total. The Bertz CT molecular complexity index is 536. The van der Waals surface area contributed by atoms with Gasteiger partial charge in [-0.25, -0.2) is 0 Å². The first-order valence-electron chi connectivity index (χ1n) is 6.34. The molecule has 0 heterocycles. The third kappa shape index (κ3) is 4.87. The van der Waals surface area contributed by atoms with Crippen LogP contribution >= 0.6 is 11.6 Å². The van der Waals surface area contributed by atoms with Gasteiger partial charge < -0.3 is 15.4 Å². The van der Waals surface area contributed by atoms with E-state index in [1.54, 1.807) is 21.0 Å². The maximum Gasteiger partial charge on any atom is 0.288 e. The van der Waals surface area contributed by atoms with Gasteiger partial charge in [0.15, 0.2) is 0 Å². The standard InChI is InChI=1S/C13H18ClN3O4/c1-8-6-12(17(19)20)10(14)7-11(8)16-9(2)13(18)15-4-5-21-3/h6-7,9,16H,4-5H2,1-3H3,(H,15,18). The summed E-state index contributed by atoms with van der Waals surface area (Å²) >= 11 is 5.86. The van der Waals surface area contributed by atoms with Crippen LogP contribution in [0.5, 0.6) is 0 Å². The summed E-state index contributed by atoms with van der Waals surface area (Å²) in [7, 11) is 1.55. The van der Waals surface area contributed by atoms with Crippen molar-refractivity contribution in [1.82, 2.24) is 5.32 Å². The van der Waals surface area contributed by atoms with E-state index >= 15 is 0 Å². The van der Waals surface area contributed by atoms with Crippen LogP contribution in [-0.2, 0) is 9.53 Å². The zero-order chi connectivity index (χ0) is 16.0. The van der Waals surface area contributed by atoms with Crippen LogP contribution in [0.4, 0.5) is 11.4 Å². The third-order valence-corrected chi connectivity index (χ3v) is 3.16. The smallest absolute Gasteiger partial charge is 0.288 e. The normalized spacial score (nSPS) is 11.8. The van der Waals surface area contributed by atoms with Crippen LogP contribution < -0.4 is 10.6 Å². The van der Waals surface area contributed by atoms with Gasteiger partial charge in [-0.3, -0.25) is 14.9 Å². The minimum Gasteiger partial charge on any atom is -0.383 e. The molecule has 1 aromatic rings. The number of amides is 1. The molecule has 1 amide bonds. The van der Waals surface area contributed by atoms with E-state index in [1.807, 2.05) is 0 Å². The summed E-state index contributed by atoms with van der Waals surface area (Å²) in [6.45, 7) is 4.25. The van der Waals surface area contributed by atoms with Gasteiger partial charge in [0.05, 0.1) is 11.5 Å². The average Bonchev–Trinajstić information content (AvgIpc) is 2.42. The number of nitro groups is 1. The van der Waals surface area contributed by atoms with Gasteiger partial charge in [-0.15, -0.1) is 0 Å². The molecule has 0 aromatic heterocycles. The molecule has 0 fully saturated rings. The van der Waals surface area contributed by atoms with Crippen LogP contribution in [-0.4, -0.2) is 37.1 Å². The van der Waals surface area contributed by atoms with Crippen LogP contribution in [0.25, 0.3) is 0 Å². The number of carbonyl (C=O) groups is 1. The van der Waals surface area contributed by atoms with Crippen molar-refractivity contribution in [3.8, 4) is 0 Å². The number of hydrogen-bond donors (Lipinski definition) is 2. The molecule has 1 rings (SSSR count). The molecule has 7 nitrogen and oxygen atoms in total. The molecule has 21 heavy (non-hydrogen) atoms. The summed E-state index contributed by atoms with van der Waals surface area (Å²) in [5.41, 5.74) is 1.07. The number of halogens is 1. The monoisotopic (exact) mass is 315 g/mol. The van der Waals surface area contributed by atoms with Gasteiger partial charge in [0.25, 0.3) is 5.69 Å². The Hall–Kier alpha value is -1.86. The Labute approximate surface area is 127 Å². The number of nitro benzene ring substituents is 1. The average molecular weight is 316 g/mol. The van der Waals surface area contributed by atoms with Crippen molar-refractivity contribution < 1.29 is 14.5 Å². The molecule has 0 bridgehead atoms. The van der Waals surface area contributed by atoms with Crippen molar-refractivity contribution in [3.63, 3.8) is 0 Å². The maximum absolute atomic E-state index is 11.8. The van der Waals surface area contributed by atoms with Crippen molar-refractivity contribution in [2.45, 2.75) is 19.9 Å². The fourth-order valence-corrected chi connectivity index (χ4v) is 1.92. The molecule has 1 atom stereocenters. The molecule has 1 aromatic carbocycles. The lowest BCUT2D eigenvalue weighted by Crippen LogP contribution is -2.39. The van der Waals surface area contributed by atoms with Gasteiger partial charge in [0, 0.05) is 25.4 Å². The predicted molar refractivity (Wildman–Crippen MR) is 80.8 cm³/mol. The molecule has 0 aliphatic carbocycles. The number of benzene rings is 1. The topological polar surface area (TPSA) is 93.5 Å². The van der Waals surface area contributed by atoms with Crippen molar-refractivity contribution in [2.75, 3.05) is 25.6 Å². The van der Waals surface area contributed by atoms with Crippen molar-refractivity contribution >= 4 is 28.9 Å². The molecule has 116 valence electrons. The number of nitrogens with zero attached hydrogens (tertiary/aromatic N) is 1. The fourth-order valence-electron chi connectivity index (χ4n) is 1.69. The number of carbonyl (C=O) groups excluding carboxylic acids is 1. The molecule has 0 saturated heterocycles. The maximum atomic E-state index is 11.8.